The summed E-state index contributed by atoms with van der Waals surface area (Å²) in [7, 11) is 3.13. The number of thiophene rings is 1. The lowest BCUT2D eigenvalue weighted by molar-refractivity contribution is -0.181. The number of primary amides is 1. The van der Waals surface area contributed by atoms with Crippen molar-refractivity contribution in [1.29, 1.82) is 0 Å². The molecule has 2 saturated carbocycles. The Balaban J connectivity index is 1.34. The highest BCUT2D eigenvalue weighted by Gasteiger charge is 2.69. The third kappa shape index (κ3) is 4.62. The van der Waals surface area contributed by atoms with E-state index in [-0.39, 0.29) is 24.2 Å². The van der Waals surface area contributed by atoms with E-state index in [0.29, 0.717) is 18.7 Å². The van der Waals surface area contributed by atoms with Gasteiger partial charge in [-0.25, -0.2) is 0 Å². The van der Waals surface area contributed by atoms with Crippen LogP contribution in [0.15, 0.2) is 53.9 Å². The number of rotatable bonds is 7. The van der Waals surface area contributed by atoms with Crippen LogP contribution in [0.5, 0.6) is 5.75 Å². The Morgan fingerprint density at radius 1 is 1.05 bits per heavy atom. The number of phenolic OH excluding ortho intramolecular Hbond substituents is 1. The molecule has 11 heteroatoms. The molecule has 5 N–H and O–H groups in total. The number of likely N-dealkylation sites (N-methyl/N-ethyl adjacent to an activating group) is 1. The average Bonchev–Trinajstić information content (AvgIpc) is 3.44. The van der Waals surface area contributed by atoms with E-state index in [2.05, 4.69) is 5.32 Å². The number of aliphatic hydroxyl groups is 1. The number of carbonyl (C=O) groups is 5. The maximum absolute atomic E-state index is 14.0. The Kier molecular flexibility index (Phi) is 7.61. The fourth-order valence-electron chi connectivity index (χ4n) is 7.39. The SMILES string of the molecule is CN(C)C1C(=O)C(C(N)=O)C(=O)[C@@]2(O)C(=O)C3C(=O)c4c(O)ccc(-c5cc(CNCc6ccccc6)cs5)c4C[C@H]3C[C@@H]12. The minimum Gasteiger partial charge on any atom is -0.507 e. The minimum absolute atomic E-state index is 0.00810. The molecule has 44 heavy (non-hydrogen) atoms. The second-order valence-electron chi connectivity index (χ2n) is 12.2. The maximum atomic E-state index is 14.0. The summed E-state index contributed by atoms with van der Waals surface area (Å²) in [5, 5.41) is 28.0. The monoisotopic (exact) mass is 615 g/mol. The van der Waals surface area contributed by atoms with Crippen molar-refractivity contribution in [2.45, 2.75) is 37.6 Å². The molecule has 0 saturated heterocycles. The molecule has 0 aliphatic heterocycles. The third-order valence-electron chi connectivity index (χ3n) is 9.37. The number of ketones is 4. The van der Waals surface area contributed by atoms with E-state index < -0.39 is 64.4 Å². The Labute approximate surface area is 257 Å². The first-order chi connectivity index (χ1) is 20.9. The van der Waals surface area contributed by atoms with E-state index in [9.17, 15) is 34.2 Å². The number of nitrogens with zero attached hydrogens (tertiary/aromatic N) is 1. The van der Waals surface area contributed by atoms with Crippen molar-refractivity contribution in [1.82, 2.24) is 10.2 Å². The molecule has 3 aliphatic carbocycles. The van der Waals surface area contributed by atoms with Gasteiger partial charge in [-0.3, -0.25) is 28.9 Å². The highest BCUT2D eigenvalue weighted by Crippen LogP contribution is 2.52. The summed E-state index contributed by atoms with van der Waals surface area (Å²) in [6.45, 7) is 1.34. The lowest BCUT2D eigenvalue weighted by atomic mass is 9.52. The second-order valence-corrected chi connectivity index (χ2v) is 13.1. The fourth-order valence-corrected chi connectivity index (χ4v) is 8.36. The van der Waals surface area contributed by atoms with E-state index in [1.165, 1.54) is 27.9 Å². The van der Waals surface area contributed by atoms with Gasteiger partial charge < -0.3 is 21.3 Å². The van der Waals surface area contributed by atoms with Gasteiger partial charge in [-0.1, -0.05) is 30.3 Å². The molecule has 1 heterocycles. The molecule has 3 aromatic rings. The van der Waals surface area contributed by atoms with Gasteiger partial charge in [0.1, 0.15) is 5.75 Å². The minimum atomic E-state index is -2.74. The van der Waals surface area contributed by atoms with Gasteiger partial charge in [-0.05, 0) is 78.7 Å². The lowest BCUT2D eigenvalue weighted by Crippen LogP contribution is -2.74. The molecule has 6 atom stereocenters. The van der Waals surface area contributed by atoms with Crippen molar-refractivity contribution in [3.8, 4) is 16.2 Å². The Morgan fingerprint density at radius 2 is 1.75 bits per heavy atom. The number of nitrogens with two attached hydrogens (primary N) is 1. The Bertz CT molecular complexity index is 1700. The second kappa shape index (κ2) is 11.2. The highest BCUT2D eigenvalue weighted by molar-refractivity contribution is 7.13. The summed E-state index contributed by atoms with van der Waals surface area (Å²) in [5.41, 5.74) is 6.20. The first-order valence-electron chi connectivity index (χ1n) is 14.5. The van der Waals surface area contributed by atoms with Gasteiger partial charge in [-0.2, -0.15) is 0 Å². The zero-order valence-electron chi connectivity index (χ0n) is 24.3. The Morgan fingerprint density at radius 3 is 2.43 bits per heavy atom. The largest absolute Gasteiger partial charge is 0.507 e. The molecule has 1 aromatic heterocycles. The number of benzene rings is 2. The summed E-state index contributed by atoms with van der Waals surface area (Å²) < 4.78 is 0. The van der Waals surface area contributed by atoms with Gasteiger partial charge in [0.2, 0.25) is 5.91 Å². The first-order valence-corrected chi connectivity index (χ1v) is 15.3. The van der Waals surface area contributed by atoms with Crippen molar-refractivity contribution in [2.75, 3.05) is 14.1 Å². The van der Waals surface area contributed by atoms with Gasteiger partial charge in [-0.15, -0.1) is 11.3 Å². The smallest absolute Gasteiger partial charge is 0.235 e. The predicted molar refractivity (Wildman–Crippen MR) is 162 cm³/mol. The molecule has 3 aliphatic rings. The molecule has 2 fully saturated rings. The van der Waals surface area contributed by atoms with Crippen molar-refractivity contribution in [2.24, 2.45) is 29.4 Å². The topological polar surface area (TPSA) is 167 Å². The van der Waals surface area contributed by atoms with Gasteiger partial charge in [0.15, 0.2) is 34.7 Å². The summed E-state index contributed by atoms with van der Waals surface area (Å²) in [6, 6.07) is 14.1. The first kappa shape index (κ1) is 30.0. The Hall–Kier alpha value is -4.03. The van der Waals surface area contributed by atoms with Crippen LogP contribution in [0.25, 0.3) is 10.4 Å². The van der Waals surface area contributed by atoms with Crippen molar-refractivity contribution in [3.63, 3.8) is 0 Å². The van der Waals surface area contributed by atoms with E-state index in [4.69, 9.17) is 5.73 Å². The number of hydrogen-bond donors (Lipinski definition) is 4. The number of fused-ring (bicyclic) bond motifs is 3. The molecule has 10 nitrogen and oxygen atoms in total. The van der Waals surface area contributed by atoms with Crippen LogP contribution in [-0.2, 0) is 38.7 Å². The van der Waals surface area contributed by atoms with Crippen molar-refractivity contribution >= 4 is 40.4 Å². The zero-order valence-corrected chi connectivity index (χ0v) is 25.1. The molecule has 1 amide bonds. The molecular weight excluding hydrogens is 582 g/mol. The lowest BCUT2D eigenvalue weighted by Gasteiger charge is -2.52. The van der Waals surface area contributed by atoms with Crippen LogP contribution in [0.3, 0.4) is 0 Å². The average molecular weight is 616 g/mol. The number of aromatic hydroxyl groups is 1. The normalized spacial score (nSPS) is 28.0. The number of phenols is 1. The van der Waals surface area contributed by atoms with Crippen molar-refractivity contribution < 1.29 is 34.2 Å². The number of amides is 1. The maximum Gasteiger partial charge on any atom is 0.235 e. The number of carbonyl (C=O) groups excluding carboxylic acids is 5. The quantitative estimate of drug-likeness (QED) is 0.290. The summed E-state index contributed by atoms with van der Waals surface area (Å²) in [5.74, 6) is -10.5. The highest BCUT2D eigenvalue weighted by atomic mass is 32.1. The van der Waals surface area contributed by atoms with Crippen LogP contribution in [0.2, 0.25) is 0 Å². The van der Waals surface area contributed by atoms with Gasteiger partial charge in [0, 0.05) is 23.9 Å². The van der Waals surface area contributed by atoms with Gasteiger partial charge in [0.05, 0.1) is 17.5 Å². The molecule has 0 radical (unpaired) electrons. The van der Waals surface area contributed by atoms with Crippen LogP contribution in [-0.4, -0.2) is 69.9 Å². The predicted octanol–water partition coefficient (Wildman–Crippen LogP) is 1.89. The molecule has 2 aromatic carbocycles. The molecule has 228 valence electrons. The molecule has 0 bridgehead atoms. The molecular formula is C33H33N3O7S. The van der Waals surface area contributed by atoms with E-state index in [1.807, 2.05) is 41.8 Å². The molecule has 3 unspecified atom stereocenters. The summed E-state index contributed by atoms with van der Waals surface area (Å²) >= 11 is 1.50. The van der Waals surface area contributed by atoms with E-state index in [0.717, 1.165) is 16.0 Å². The van der Waals surface area contributed by atoms with Crippen LogP contribution in [0.1, 0.15) is 33.5 Å². The molecule has 0 spiro atoms. The van der Waals surface area contributed by atoms with Crippen LogP contribution in [0.4, 0.5) is 0 Å². The number of Topliss-reactive ketones (excluding diaryl/α,β-unsaturated/α-hetero) is 4. The zero-order chi connectivity index (χ0) is 31.5. The van der Waals surface area contributed by atoms with Crippen LogP contribution < -0.4 is 11.1 Å². The third-order valence-corrected chi connectivity index (χ3v) is 10.4. The van der Waals surface area contributed by atoms with Gasteiger partial charge in [0.25, 0.3) is 0 Å². The van der Waals surface area contributed by atoms with Crippen molar-refractivity contribution in [3.05, 3.63) is 76.2 Å². The van der Waals surface area contributed by atoms with Crippen LogP contribution >= 0.6 is 11.3 Å². The fraction of sp³-hybridized carbons (Fsp3) is 0.364. The van der Waals surface area contributed by atoms with E-state index in [1.54, 1.807) is 20.2 Å². The summed E-state index contributed by atoms with van der Waals surface area (Å²) in [6.07, 6.45) is 0.229. The summed E-state index contributed by atoms with van der Waals surface area (Å²) in [4.78, 5) is 69.2. The number of nitrogens with one attached hydrogen (secondary N) is 1. The number of hydrogen-bond acceptors (Lipinski definition) is 10. The van der Waals surface area contributed by atoms with Gasteiger partial charge >= 0.3 is 0 Å². The van der Waals surface area contributed by atoms with Crippen LogP contribution in [0, 0.1) is 23.7 Å². The van der Waals surface area contributed by atoms with E-state index >= 15 is 0 Å². The standard InChI is InChI=1S/C33H33N3O7S/c1-36(2)27-21-12-18-11-20-19(23-10-17(15-44-23)14-35-13-16-6-4-3-5-7-16)8-9-22(37)25(20)28(38)24(18)30(40)33(21,43)31(41)26(29(27)39)32(34)42/h3-10,15,18,21,24,26-27,35,37,43H,11-14H2,1-2H3,(H2,34,42)/t18-,21-,24?,26?,27?,33-/m0/s1. The molecule has 6 rings (SSSR count).